The smallest absolute Gasteiger partial charge is 0.350 e. The molecule has 0 aliphatic carbocycles. The first-order valence-corrected chi connectivity index (χ1v) is 8.05. The van der Waals surface area contributed by atoms with Crippen molar-refractivity contribution in [2.24, 2.45) is 0 Å². The number of nitrogens with one attached hydrogen (secondary N) is 1. The minimum absolute atomic E-state index is 0.294. The molecule has 6 nitrogen and oxygen atoms in total. The van der Waals surface area contributed by atoms with Crippen LogP contribution >= 0.6 is 11.3 Å². The number of thiazole rings is 1. The number of hydrogen-bond acceptors (Lipinski definition) is 6. The van der Waals surface area contributed by atoms with Gasteiger partial charge >= 0.3 is 5.97 Å². The summed E-state index contributed by atoms with van der Waals surface area (Å²) < 4.78 is 10.3. The predicted molar refractivity (Wildman–Crippen MR) is 88.4 cm³/mol. The molecule has 0 fully saturated rings. The van der Waals surface area contributed by atoms with Gasteiger partial charge < -0.3 is 9.47 Å². The lowest BCUT2D eigenvalue weighted by Crippen LogP contribution is -2.11. The molecule has 1 N–H and O–H groups in total. The summed E-state index contributed by atoms with van der Waals surface area (Å²) in [6, 6.07) is 6.87. The zero-order valence-electron chi connectivity index (χ0n) is 13.2. The van der Waals surface area contributed by atoms with E-state index in [2.05, 4.69) is 10.3 Å². The molecule has 1 heterocycles. The fraction of sp³-hybridized carbons (Fsp3) is 0.312. The number of aryl methyl sites for hydroxylation is 1. The quantitative estimate of drug-likeness (QED) is 0.820. The third-order valence-electron chi connectivity index (χ3n) is 2.89. The average molecular weight is 334 g/mol. The van der Waals surface area contributed by atoms with E-state index in [4.69, 9.17) is 9.47 Å². The molecule has 7 heteroatoms. The fourth-order valence-electron chi connectivity index (χ4n) is 1.90. The van der Waals surface area contributed by atoms with Crippen LogP contribution in [0.2, 0.25) is 0 Å². The highest BCUT2D eigenvalue weighted by Gasteiger charge is 2.18. The van der Waals surface area contributed by atoms with Crippen LogP contribution in [-0.4, -0.2) is 30.1 Å². The van der Waals surface area contributed by atoms with Gasteiger partial charge in [0.1, 0.15) is 10.6 Å². The lowest BCUT2D eigenvalue weighted by Gasteiger charge is -2.05. The van der Waals surface area contributed by atoms with E-state index in [0.717, 1.165) is 11.3 Å². The molecule has 1 aromatic heterocycles. The number of ether oxygens (including phenoxy) is 2. The number of esters is 1. The first-order chi connectivity index (χ1) is 11.0. The highest BCUT2D eigenvalue weighted by atomic mass is 32.1. The number of rotatable bonds is 6. The maximum absolute atomic E-state index is 12.3. The van der Waals surface area contributed by atoms with Gasteiger partial charge in [0.2, 0.25) is 0 Å². The molecule has 2 aromatic rings. The number of anilines is 1. The Morgan fingerprint density at radius 2 is 2.04 bits per heavy atom. The van der Waals surface area contributed by atoms with Crippen LogP contribution in [0.25, 0.3) is 0 Å². The van der Waals surface area contributed by atoms with Crippen LogP contribution < -0.4 is 10.1 Å². The van der Waals surface area contributed by atoms with Crippen LogP contribution in [0.15, 0.2) is 24.3 Å². The first-order valence-electron chi connectivity index (χ1n) is 7.23. The zero-order valence-corrected chi connectivity index (χ0v) is 14.0. The molecule has 23 heavy (non-hydrogen) atoms. The van der Waals surface area contributed by atoms with Gasteiger partial charge in [-0.1, -0.05) is 17.4 Å². The highest BCUT2D eigenvalue weighted by Crippen LogP contribution is 2.24. The minimum atomic E-state index is -0.429. The lowest BCUT2D eigenvalue weighted by atomic mass is 10.2. The topological polar surface area (TPSA) is 77.5 Å². The van der Waals surface area contributed by atoms with Crippen LogP contribution in [0.4, 0.5) is 5.13 Å². The number of carbonyl (C=O) groups excluding carboxylic acids is 2. The molecule has 1 aromatic carbocycles. The van der Waals surface area contributed by atoms with Crippen LogP contribution in [0.5, 0.6) is 5.75 Å². The predicted octanol–water partition coefficient (Wildman–Crippen LogP) is 3.28. The van der Waals surface area contributed by atoms with Crippen molar-refractivity contribution >= 4 is 28.3 Å². The maximum atomic E-state index is 12.3. The van der Waals surface area contributed by atoms with E-state index < -0.39 is 5.97 Å². The molecule has 0 saturated carbocycles. The van der Waals surface area contributed by atoms with Crippen molar-refractivity contribution in [2.45, 2.75) is 20.8 Å². The number of aromatic nitrogens is 1. The van der Waals surface area contributed by atoms with Crippen LogP contribution in [0, 0.1) is 6.92 Å². The molecule has 0 spiro atoms. The Morgan fingerprint density at radius 1 is 1.26 bits per heavy atom. The molecule has 0 aliphatic rings. The van der Waals surface area contributed by atoms with E-state index in [-0.39, 0.29) is 5.91 Å². The third kappa shape index (κ3) is 4.29. The summed E-state index contributed by atoms with van der Waals surface area (Å²) in [7, 11) is 0. The summed E-state index contributed by atoms with van der Waals surface area (Å²) in [5, 5.41) is 3.05. The number of carbonyl (C=O) groups is 2. The zero-order chi connectivity index (χ0) is 16.8. The second kappa shape index (κ2) is 7.73. The second-order valence-electron chi connectivity index (χ2n) is 4.57. The van der Waals surface area contributed by atoms with Gasteiger partial charge in [0.25, 0.3) is 5.91 Å². The van der Waals surface area contributed by atoms with Crippen molar-refractivity contribution < 1.29 is 19.1 Å². The normalized spacial score (nSPS) is 10.2. The SMILES string of the molecule is CCOC(=O)c1sc(NC(=O)c2cccc(OCC)c2)nc1C. The van der Waals surface area contributed by atoms with Gasteiger partial charge in [0.05, 0.1) is 18.9 Å². The van der Waals surface area contributed by atoms with E-state index in [0.29, 0.717) is 40.2 Å². The molecular formula is C16H18N2O4S. The Bertz CT molecular complexity index is 712. The average Bonchev–Trinajstić information content (AvgIpc) is 2.89. The molecular weight excluding hydrogens is 316 g/mol. The molecule has 2 rings (SSSR count). The standard InChI is InChI=1S/C16H18N2O4S/c1-4-21-12-8-6-7-11(9-12)14(19)18-16-17-10(3)13(23-16)15(20)22-5-2/h6-9H,4-5H2,1-3H3,(H,17,18,19). The van der Waals surface area contributed by atoms with E-state index >= 15 is 0 Å². The number of nitrogens with zero attached hydrogens (tertiary/aromatic N) is 1. The Kier molecular flexibility index (Phi) is 5.70. The molecule has 0 radical (unpaired) electrons. The fourth-order valence-corrected chi connectivity index (χ4v) is 2.75. The summed E-state index contributed by atoms with van der Waals surface area (Å²) in [4.78, 5) is 28.6. The van der Waals surface area contributed by atoms with Crippen molar-refractivity contribution in [1.82, 2.24) is 4.98 Å². The van der Waals surface area contributed by atoms with E-state index in [9.17, 15) is 9.59 Å². The Labute approximate surface area is 138 Å². The van der Waals surface area contributed by atoms with Crippen LogP contribution in [0.3, 0.4) is 0 Å². The van der Waals surface area contributed by atoms with Gasteiger partial charge in [-0.05, 0) is 39.0 Å². The first kappa shape index (κ1) is 17.0. The highest BCUT2D eigenvalue weighted by molar-refractivity contribution is 7.17. The van der Waals surface area contributed by atoms with Crippen molar-refractivity contribution in [3.05, 3.63) is 40.4 Å². The van der Waals surface area contributed by atoms with Crippen LogP contribution in [0.1, 0.15) is 39.6 Å². The Balaban J connectivity index is 2.13. The number of hydrogen-bond donors (Lipinski definition) is 1. The van der Waals surface area contributed by atoms with E-state index in [1.807, 2.05) is 6.92 Å². The number of benzene rings is 1. The third-order valence-corrected chi connectivity index (χ3v) is 3.94. The summed E-state index contributed by atoms with van der Waals surface area (Å²) in [5.74, 6) is -0.111. The lowest BCUT2D eigenvalue weighted by molar-refractivity contribution is 0.0531. The molecule has 0 saturated heterocycles. The van der Waals surface area contributed by atoms with Gasteiger partial charge in [0, 0.05) is 5.56 Å². The minimum Gasteiger partial charge on any atom is -0.494 e. The van der Waals surface area contributed by atoms with Gasteiger partial charge in [-0.15, -0.1) is 0 Å². The monoisotopic (exact) mass is 334 g/mol. The van der Waals surface area contributed by atoms with E-state index in [1.165, 1.54) is 0 Å². The summed E-state index contributed by atoms with van der Waals surface area (Å²) in [6.07, 6.45) is 0. The summed E-state index contributed by atoms with van der Waals surface area (Å²) in [6.45, 7) is 6.14. The van der Waals surface area contributed by atoms with Gasteiger partial charge in [-0.2, -0.15) is 0 Å². The molecule has 0 bridgehead atoms. The van der Waals surface area contributed by atoms with Gasteiger partial charge in [0.15, 0.2) is 5.13 Å². The van der Waals surface area contributed by atoms with Crippen molar-refractivity contribution in [2.75, 3.05) is 18.5 Å². The van der Waals surface area contributed by atoms with E-state index in [1.54, 1.807) is 38.1 Å². The largest absolute Gasteiger partial charge is 0.494 e. The Morgan fingerprint density at radius 3 is 2.74 bits per heavy atom. The van der Waals surface area contributed by atoms with Crippen molar-refractivity contribution in [3.8, 4) is 5.75 Å². The summed E-state index contributed by atoms with van der Waals surface area (Å²) in [5.41, 5.74) is 0.994. The number of amides is 1. The van der Waals surface area contributed by atoms with Gasteiger partial charge in [-0.25, -0.2) is 9.78 Å². The van der Waals surface area contributed by atoms with Crippen molar-refractivity contribution in [1.29, 1.82) is 0 Å². The molecule has 0 aliphatic heterocycles. The molecule has 0 atom stereocenters. The maximum Gasteiger partial charge on any atom is 0.350 e. The molecule has 122 valence electrons. The van der Waals surface area contributed by atoms with Gasteiger partial charge in [-0.3, -0.25) is 10.1 Å². The van der Waals surface area contributed by atoms with Crippen molar-refractivity contribution in [3.63, 3.8) is 0 Å². The summed E-state index contributed by atoms with van der Waals surface area (Å²) >= 11 is 1.10. The molecule has 1 amide bonds. The Hall–Kier alpha value is -2.41. The molecule has 0 unspecified atom stereocenters. The second-order valence-corrected chi connectivity index (χ2v) is 5.57. The van der Waals surface area contributed by atoms with Crippen LogP contribution in [-0.2, 0) is 4.74 Å².